The Kier molecular flexibility index (Phi) is 44.8. The van der Waals surface area contributed by atoms with E-state index < -0.39 is 23.3 Å². The van der Waals surface area contributed by atoms with Gasteiger partial charge in [-0.3, -0.25) is 14.4 Å². The van der Waals surface area contributed by atoms with Crippen LogP contribution in [0.3, 0.4) is 0 Å². The first-order chi connectivity index (χ1) is 23.6. The van der Waals surface area contributed by atoms with E-state index in [1.54, 1.807) is 0 Å². The Hall–Kier alpha value is -1.71. The molecule has 0 rings (SSSR count). The van der Waals surface area contributed by atoms with E-state index in [0.29, 0.717) is 25.7 Å². The maximum absolute atomic E-state index is 10.4. The van der Waals surface area contributed by atoms with Crippen LogP contribution in [0.15, 0.2) is 0 Å². The average molecular weight is 705 g/mol. The summed E-state index contributed by atoms with van der Waals surface area (Å²) in [4.78, 5) is 30.2. The van der Waals surface area contributed by atoms with Crippen LogP contribution in [0.4, 0.5) is 0 Å². The maximum Gasteiger partial charge on any atom is 0.303 e. The Morgan fingerprint density at radius 1 is 0.347 bits per heavy atom. The lowest BCUT2D eigenvalue weighted by molar-refractivity contribution is -0.139. The van der Waals surface area contributed by atoms with Gasteiger partial charge in [0, 0.05) is 24.7 Å². The van der Waals surface area contributed by atoms with E-state index in [2.05, 4.69) is 6.92 Å². The highest BCUT2D eigenvalue weighted by Gasteiger charge is 2.24. The van der Waals surface area contributed by atoms with Crippen LogP contribution in [0, 0.1) is 5.41 Å². The van der Waals surface area contributed by atoms with Gasteiger partial charge in [0.1, 0.15) is 0 Å². The SMILES string of the molecule is CCC(CO)(CO)CO.CCCCCCCCCCCCCCCCCCCCCCCCCCCC(=O)O.O=C(O)CCCCC(=O)O. The predicted molar refractivity (Wildman–Crippen MR) is 201 cm³/mol. The van der Waals surface area contributed by atoms with Crippen molar-refractivity contribution in [3.8, 4) is 0 Å². The summed E-state index contributed by atoms with van der Waals surface area (Å²) in [6.07, 6.45) is 36.6. The molecule has 0 heterocycles. The van der Waals surface area contributed by atoms with Crippen molar-refractivity contribution >= 4 is 17.9 Å². The fourth-order valence-electron chi connectivity index (χ4n) is 5.45. The molecule has 0 aromatic rings. The first-order valence-electron chi connectivity index (χ1n) is 20.1. The molecule has 9 heteroatoms. The second-order valence-electron chi connectivity index (χ2n) is 14.0. The van der Waals surface area contributed by atoms with Gasteiger partial charge < -0.3 is 30.6 Å². The molecule has 0 spiro atoms. The topological polar surface area (TPSA) is 173 Å². The van der Waals surface area contributed by atoms with Gasteiger partial charge in [0.25, 0.3) is 0 Å². The van der Waals surface area contributed by atoms with Crippen molar-refractivity contribution in [2.45, 2.75) is 213 Å². The molecule has 49 heavy (non-hydrogen) atoms. The molecule has 0 aliphatic rings. The lowest BCUT2D eigenvalue weighted by Gasteiger charge is -2.24. The number of rotatable bonds is 35. The van der Waals surface area contributed by atoms with Gasteiger partial charge in [-0.25, -0.2) is 0 Å². The van der Waals surface area contributed by atoms with Crippen molar-refractivity contribution < 1.29 is 45.0 Å². The van der Waals surface area contributed by atoms with Crippen molar-refractivity contribution in [1.29, 1.82) is 0 Å². The first-order valence-corrected chi connectivity index (χ1v) is 20.1. The number of aliphatic hydroxyl groups excluding tert-OH is 3. The summed E-state index contributed by atoms with van der Waals surface area (Å²) >= 11 is 0. The fourth-order valence-corrected chi connectivity index (χ4v) is 5.45. The Balaban J connectivity index is -0.000000900. The number of hydrogen-bond acceptors (Lipinski definition) is 6. The molecule has 0 aliphatic heterocycles. The second kappa shape index (κ2) is 42.5. The van der Waals surface area contributed by atoms with E-state index in [-0.39, 0.29) is 32.7 Å². The van der Waals surface area contributed by atoms with Crippen LogP contribution in [0.5, 0.6) is 0 Å². The number of aliphatic hydroxyl groups is 3. The molecular weight excluding hydrogens is 624 g/mol. The molecule has 9 nitrogen and oxygen atoms in total. The summed E-state index contributed by atoms with van der Waals surface area (Å²) in [5, 5.41) is 50.8. The van der Waals surface area contributed by atoms with E-state index in [4.69, 9.17) is 30.6 Å². The van der Waals surface area contributed by atoms with Gasteiger partial charge in [0.2, 0.25) is 0 Å². The first kappa shape index (κ1) is 51.7. The molecular formula is C40H80O9. The lowest BCUT2D eigenvalue weighted by atomic mass is 9.88. The molecule has 0 amide bonds. The van der Waals surface area contributed by atoms with Gasteiger partial charge >= 0.3 is 17.9 Å². The molecule has 0 fully saturated rings. The van der Waals surface area contributed by atoms with E-state index in [9.17, 15) is 14.4 Å². The van der Waals surface area contributed by atoms with Crippen molar-refractivity contribution in [2.75, 3.05) is 19.8 Å². The third kappa shape index (κ3) is 46.3. The van der Waals surface area contributed by atoms with E-state index in [1.165, 1.54) is 148 Å². The molecule has 0 saturated heterocycles. The molecule has 0 bridgehead atoms. The molecule has 6 N–H and O–H groups in total. The monoisotopic (exact) mass is 705 g/mol. The normalized spacial score (nSPS) is 11.0. The van der Waals surface area contributed by atoms with Crippen molar-refractivity contribution in [2.24, 2.45) is 5.41 Å². The number of hydrogen-bond donors (Lipinski definition) is 6. The fraction of sp³-hybridized carbons (Fsp3) is 0.925. The number of carboxylic acids is 3. The van der Waals surface area contributed by atoms with Gasteiger partial charge in [0.05, 0.1) is 19.8 Å². The Labute approximate surface area is 300 Å². The van der Waals surface area contributed by atoms with Gasteiger partial charge in [-0.05, 0) is 25.7 Å². The summed E-state index contributed by atoms with van der Waals surface area (Å²) in [5.41, 5.74) is -0.667. The van der Waals surface area contributed by atoms with Crippen molar-refractivity contribution in [1.82, 2.24) is 0 Å². The zero-order chi connectivity index (χ0) is 37.3. The predicted octanol–water partition coefficient (Wildman–Crippen LogP) is 10.3. The minimum atomic E-state index is -0.870. The Morgan fingerprint density at radius 2 is 0.531 bits per heavy atom. The number of carboxylic acid groups (broad SMARTS) is 3. The van der Waals surface area contributed by atoms with Crippen LogP contribution < -0.4 is 0 Å². The molecule has 0 unspecified atom stereocenters. The molecule has 0 saturated carbocycles. The lowest BCUT2D eigenvalue weighted by Crippen LogP contribution is -2.32. The third-order valence-corrected chi connectivity index (χ3v) is 9.28. The molecule has 0 radical (unpaired) electrons. The van der Waals surface area contributed by atoms with Crippen LogP contribution in [-0.4, -0.2) is 68.4 Å². The average Bonchev–Trinajstić information content (AvgIpc) is 3.08. The zero-order valence-corrected chi connectivity index (χ0v) is 31.9. The number of carbonyl (C=O) groups is 3. The quantitative estimate of drug-likeness (QED) is 0.0351. The number of unbranched alkanes of at least 4 members (excludes halogenated alkanes) is 25. The van der Waals surface area contributed by atoms with Gasteiger partial charge in [-0.15, -0.1) is 0 Å². The van der Waals surface area contributed by atoms with E-state index in [1.807, 2.05) is 6.92 Å². The number of aliphatic carboxylic acids is 3. The van der Waals surface area contributed by atoms with E-state index in [0.717, 1.165) is 12.8 Å². The Morgan fingerprint density at radius 3 is 0.673 bits per heavy atom. The summed E-state index contributed by atoms with van der Waals surface area (Å²) in [7, 11) is 0. The Bertz CT molecular complexity index is 662. The van der Waals surface area contributed by atoms with Crippen LogP contribution in [-0.2, 0) is 14.4 Å². The zero-order valence-electron chi connectivity index (χ0n) is 31.9. The van der Waals surface area contributed by atoms with Crippen molar-refractivity contribution in [3.05, 3.63) is 0 Å². The van der Waals surface area contributed by atoms with Crippen molar-refractivity contribution in [3.63, 3.8) is 0 Å². The van der Waals surface area contributed by atoms with Crippen LogP contribution in [0.1, 0.15) is 213 Å². The highest BCUT2D eigenvalue weighted by Crippen LogP contribution is 2.18. The highest BCUT2D eigenvalue weighted by atomic mass is 16.4. The summed E-state index contributed by atoms with van der Waals surface area (Å²) in [6.45, 7) is 3.65. The minimum Gasteiger partial charge on any atom is -0.481 e. The summed E-state index contributed by atoms with van der Waals surface area (Å²) in [6, 6.07) is 0. The molecule has 0 aliphatic carbocycles. The van der Waals surface area contributed by atoms with Gasteiger partial charge in [-0.1, -0.05) is 168 Å². The highest BCUT2D eigenvalue weighted by molar-refractivity contribution is 5.68. The van der Waals surface area contributed by atoms with Gasteiger partial charge in [-0.2, -0.15) is 0 Å². The van der Waals surface area contributed by atoms with Crippen LogP contribution in [0.2, 0.25) is 0 Å². The molecule has 0 aromatic carbocycles. The second-order valence-corrected chi connectivity index (χ2v) is 14.0. The molecule has 0 aromatic heterocycles. The maximum atomic E-state index is 10.4. The third-order valence-electron chi connectivity index (χ3n) is 9.28. The molecule has 0 atom stereocenters. The minimum absolute atomic E-state index is 0.0628. The summed E-state index contributed by atoms with van der Waals surface area (Å²) in [5.74, 6) is -2.39. The van der Waals surface area contributed by atoms with Gasteiger partial charge in [0.15, 0.2) is 0 Å². The van der Waals surface area contributed by atoms with E-state index >= 15 is 0 Å². The van der Waals surface area contributed by atoms with Crippen LogP contribution >= 0.6 is 0 Å². The largest absolute Gasteiger partial charge is 0.481 e. The smallest absolute Gasteiger partial charge is 0.303 e. The van der Waals surface area contributed by atoms with Crippen LogP contribution in [0.25, 0.3) is 0 Å². The molecule has 294 valence electrons. The summed E-state index contributed by atoms with van der Waals surface area (Å²) < 4.78 is 0. The standard InChI is InChI=1S/C28H56O2.C6H10O4.C6H14O3/c1-2-3-4-5-6-7-8-9-10-11-12-13-14-15-16-17-18-19-20-21-22-23-24-25-26-27-28(29)30;7-5(8)3-1-2-4-6(9)10;1-2-6(3-7,4-8)5-9/h2-27H2,1H3,(H,29,30);1-4H2,(H,7,8)(H,9,10);7-9H,2-5H2,1H3.